The molecule has 1 saturated heterocycles. The van der Waals surface area contributed by atoms with E-state index in [9.17, 15) is 14.4 Å². The maximum Gasteiger partial charge on any atom is 0.286 e. The Balaban J connectivity index is 1.15. The molecule has 0 spiro atoms. The summed E-state index contributed by atoms with van der Waals surface area (Å²) in [7, 11) is 3.45. The molecule has 8 nitrogen and oxygen atoms in total. The predicted octanol–water partition coefficient (Wildman–Crippen LogP) is 5.60. The number of carbonyl (C=O) groups is 3. The lowest BCUT2D eigenvalue weighted by Gasteiger charge is -2.18. The highest BCUT2D eigenvalue weighted by Gasteiger charge is 2.31. The number of rotatable bonds is 13. The minimum Gasteiger partial charge on any atom is -0.468 e. The van der Waals surface area contributed by atoms with Gasteiger partial charge in [-0.25, -0.2) is 0 Å². The largest absolute Gasteiger partial charge is 0.468 e. The molecule has 1 aliphatic heterocycles. The number of nitrogens with zero attached hydrogens (tertiary/aromatic N) is 1. The van der Waals surface area contributed by atoms with Crippen molar-refractivity contribution >= 4 is 39.6 Å². The van der Waals surface area contributed by atoms with Gasteiger partial charge in [0, 0.05) is 20.7 Å². The lowest BCUT2D eigenvalue weighted by molar-refractivity contribution is -0.129. The van der Waals surface area contributed by atoms with Crippen molar-refractivity contribution in [1.82, 2.24) is 10.2 Å². The molecule has 0 aromatic heterocycles. The summed E-state index contributed by atoms with van der Waals surface area (Å²) in [6.07, 6.45) is 0.815. The highest BCUT2D eigenvalue weighted by Crippen LogP contribution is 2.26. The van der Waals surface area contributed by atoms with Crippen molar-refractivity contribution in [3.05, 3.63) is 102 Å². The third-order valence-electron chi connectivity index (χ3n) is 7.22. The molecule has 1 N–H and O–H groups in total. The number of thioether (sulfide) groups is 1. The highest BCUT2D eigenvalue weighted by molar-refractivity contribution is 8.15. The van der Waals surface area contributed by atoms with Crippen LogP contribution in [0, 0.1) is 0 Å². The Hall–Kier alpha value is -4.18. The molecular formula is C34H34N2O6S. The molecule has 9 heteroatoms. The van der Waals surface area contributed by atoms with Crippen molar-refractivity contribution in [2.24, 2.45) is 0 Å². The lowest BCUT2D eigenvalue weighted by Crippen LogP contribution is -2.27. The van der Waals surface area contributed by atoms with E-state index in [-0.39, 0.29) is 29.1 Å². The number of benzene rings is 4. The van der Waals surface area contributed by atoms with E-state index in [1.54, 1.807) is 12.0 Å². The van der Waals surface area contributed by atoms with E-state index >= 15 is 0 Å². The predicted molar refractivity (Wildman–Crippen MR) is 168 cm³/mol. The Kier molecular flexibility index (Phi) is 10.1. The lowest BCUT2D eigenvalue weighted by atomic mass is 10.00. The molecule has 0 aliphatic carbocycles. The van der Waals surface area contributed by atoms with E-state index in [0.29, 0.717) is 32.6 Å². The van der Waals surface area contributed by atoms with Crippen LogP contribution in [0.3, 0.4) is 0 Å². The molecule has 1 fully saturated rings. The van der Waals surface area contributed by atoms with Crippen LogP contribution in [0.25, 0.3) is 21.9 Å². The number of imide groups is 1. The van der Waals surface area contributed by atoms with Gasteiger partial charge in [-0.05, 0) is 63.2 Å². The summed E-state index contributed by atoms with van der Waals surface area (Å²) in [5.74, 6) is 0.530. The second-order valence-electron chi connectivity index (χ2n) is 10.4. The van der Waals surface area contributed by atoms with Crippen molar-refractivity contribution in [1.29, 1.82) is 0 Å². The van der Waals surface area contributed by atoms with Crippen LogP contribution in [0.5, 0.6) is 5.75 Å². The van der Waals surface area contributed by atoms with Crippen LogP contribution in [0.4, 0.5) is 4.79 Å². The van der Waals surface area contributed by atoms with Gasteiger partial charge < -0.3 is 19.1 Å². The van der Waals surface area contributed by atoms with Crippen LogP contribution in [0.15, 0.2) is 84.9 Å². The zero-order valence-electron chi connectivity index (χ0n) is 24.2. The van der Waals surface area contributed by atoms with E-state index in [4.69, 9.17) is 14.2 Å². The number of fused-ring (bicyclic) bond motifs is 1. The Morgan fingerprint density at radius 2 is 1.63 bits per heavy atom. The summed E-state index contributed by atoms with van der Waals surface area (Å²) in [5, 5.41) is 3.73. The molecule has 3 amide bonds. The molecule has 0 bridgehead atoms. The molecule has 1 atom stereocenters. The number of nitrogens with one attached hydrogen (secondary N) is 1. The molecule has 4 aromatic rings. The van der Waals surface area contributed by atoms with E-state index in [1.165, 1.54) is 0 Å². The molecule has 4 aromatic carbocycles. The summed E-state index contributed by atoms with van der Waals surface area (Å²) >= 11 is 1.04. The van der Waals surface area contributed by atoms with Crippen molar-refractivity contribution in [3.63, 3.8) is 0 Å². The number of carbonyl (C=O) groups excluding carboxylic acids is 3. The third-order valence-corrected chi connectivity index (χ3v) is 8.20. The molecule has 222 valence electrons. The molecule has 1 unspecified atom stereocenters. The van der Waals surface area contributed by atoms with Crippen LogP contribution in [0.1, 0.15) is 16.7 Å². The van der Waals surface area contributed by atoms with Crippen LogP contribution in [0.2, 0.25) is 0 Å². The summed E-state index contributed by atoms with van der Waals surface area (Å²) in [6, 6.07) is 28.0. The second-order valence-corrected chi connectivity index (χ2v) is 11.6. The zero-order valence-corrected chi connectivity index (χ0v) is 25.0. The number of amides is 3. The number of methoxy groups -OCH3 is 1. The van der Waals surface area contributed by atoms with E-state index in [1.807, 2.05) is 85.9 Å². The maximum atomic E-state index is 13.1. The van der Waals surface area contributed by atoms with E-state index in [2.05, 4.69) is 11.4 Å². The molecule has 0 saturated carbocycles. The summed E-state index contributed by atoms with van der Waals surface area (Å²) < 4.78 is 16.0. The van der Waals surface area contributed by atoms with Crippen LogP contribution in [-0.2, 0) is 38.4 Å². The first-order valence-corrected chi connectivity index (χ1v) is 14.9. The second kappa shape index (κ2) is 14.3. The van der Waals surface area contributed by atoms with Gasteiger partial charge in [0.05, 0.1) is 24.9 Å². The van der Waals surface area contributed by atoms with Crippen LogP contribution in [-0.4, -0.2) is 61.4 Å². The van der Waals surface area contributed by atoms with Gasteiger partial charge in [0.2, 0.25) is 11.8 Å². The first-order valence-electron chi connectivity index (χ1n) is 14.0. The summed E-state index contributed by atoms with van der Waals surface area (Å²) in [5.41, 5.74) is 5.08. The Bertz CT molecular complexity index is 1610. The van der Waals surface area contributed by atoms with E-state index < -0.39 is 0 Å². The van der Waals surface area contributed by atoms with Crippen LogP contribution >= 0.6 is 11.8 Å². The highest BCUT2D eigenvalue weighted by atomic mass is 32.2. The third kappa shape index (κ3) is 8.22. The molecule has 43 heavy (non-hydrogen) atoms. The fourth-order valence-electron chi connectivity index (χ4n) is 4.88. The van der Waals surface area contributed by atoms with Gasteiger partial charge in [-0.1, -0.05) is 78.5 Å². The van der Waals surface area contributed by atoms with Gasteiger partial charge in [-0.3, -0.25) is 19.7 Å². The fraction of sp³-hybridized carbons (Fsp3) is 0.265. The summed E-state index contributed by atoms with van der Waals surface area (Å²) in [4.78, 5) is 38.2. The Morgan fingerprint density at radius 1 is 0.860 bits per heavy atom. The van der Waals surface area contributed by atoms with Gasteiger partial charge in [0.1, 0.15) is 5.75 Å². The number of likely N-dealkylation sites (N-methyl/N-ethyl adjacent to an activating group) is 1. The molecule has 1 heterocycles. The minimum atomic E-state index is -0.381. The molecular weight excluding hydrogens is 564 g/mol. The first-order chi connectivity index (χ1) is 20.9. The minimum absolute atomic E-state index is 0.0366. The number of ether oxygens (including phenoxy) is 3. The average molecular weight is 599 g/mol. The standard InChI is InChI=1S/C34H34N2O6S/c1-36(32(37)19-24-8-11-29-20-30(13-12-28(29)16-24)42-22-41-15-14-40-2)21-25-4-3-5-27(17-25)26-9-6-23(7-10-26)18-31-33(38)35-34(39)43-31/h3-13,16-17,20,31H,14-15,18-19,21-22H2,1-2H3,(H,35,38,39). The van der Waals surface area contributed by atoms with Crippen molar-refractivity contribution in [2.75, 3.05) is 34.2 Å². The Labute approximate surface area is 255 Å². The van der Waals surface area contributed by atoms with E-state index in [0.717, 1.165) is 56.1 Å². The van der Waals surface area contributed by atoms with Crippen molar-refractivity contribution in [3.8, 4) is 16.9 Å². The van der Waals surface area contributed by atoms with Gasteiger partial charge in [-0.15, -0.1) is 0 Å². The quantitative estimate of drug-likeness (QED) is 0.158. The summed E-state index contributed by atoms with van der Waals surface area (Å²) in [6.45, 7) is 1.65. The topological polar surface area (TPSA) is 94.2 Å². The van der Waals surface area contributed by atoms with Gasteiger partial charge in [-0.2, -0.15) is 0 Å². The first kappa shape index (κ1) is 30.3. The average Bonchev–Trinajstić information content (AvgIpc) is 3.33. The fourth-order valence-corrected chi connectivity index (χ4v) is 5.74. The molecule has 0 radical (unpaired) electrons. The van der Waals surface area contributed by atoms with Gasteiger partial charge >= 0.3 is 0 Å². The normalized spacial score (nSPS) is 14.6. The number of hydrogen-bond donors (Lipinski definition) is 1. The van der Waals surface area contributed by atoms with Crippen LogP contribution < -0.4 is 10.1 Å². The monoisotopic (exact) mass is 598 g/mol. The maximum absolute atomic E-state index is 13.1. The smallest absolute Gasteiger partial charge is 0.286 e. The zero-order chi connectivity index (χ0) is 30.2. The molecule has 1 aliphatic rings. The van der Waals surface area contributed by atoms with Crippen molar-refractivity contribution < 1.29 is 28.6 Å². The molecule has 5 rings (SSSR count). The van der Waals surface area contributed by atoms with Gasteiger partial charge in [0.15, 0.2) is 6.79 Å². The SMILES string of the molecule is COCCOCOc1ccc2cc(CC(=O)N(C)Cc3cccc(-c4ccc(CC5SC(=O)NC5=O)cc4)c3)ccc2c1. The Morgan fingerprint density at radius 3 is 2.40 bits per heavy atom. The van der Waals surface area contributed by atoms with Crippen molar-refractivity contribution in [2.45, 2.75) is 24.6 Å². The number of hydrogen-bond acceptors (Lipinski definition) is 7. The van der Waals surface area contributed by atoms with Gasteiger partial charge in [0.25, 0.3) is 5.24 Å².